The van der Waals surface area contributed by atoms with Gasteiger partial charge in [-0.25, -0.2) is 0 Å². The van der Waals surface area contributed by atoms with E-state index in [2.05, 4.69) is 17.5 Å². The highest BCUT2D eigenvalue weighted by atomic mass is 16.2. The first-order valence-electron chi connectivity index (χ1n) is 8.06. The van der Waals surface area contributed by atoms with Gasteiger partial charge < -0.3 is 10.2 Å². The van der Waals surface area contributed by atoms with Gasteiger partial charge in [0.1, 0.15) is 6.04 Å². The molecule has 1 aliphatic carbocycles. The number of likely N-dealkylation sites (tertiary alicyclic amines) is 1. The van der Waals surface area contributed by atoms with E-state index in [-0.39, 0.29) is 17.9 Å². The maximum atomic E-state index is 12.5. The highest BCUT2D eigenvalue weighted by Gasteiger charge is 2.34. The smallest absolute Gasteiger partial charge is 0.247 e. The molecule has 4 heteroatoms. The van der Waals surface area contributed by atoms with Crippen LogP contribution in [-0.4, -0.2) is 29.3 Å². The Labute approximate surface area is 131 Å². The molecule has 3 rings (SSSR count). The summed E-state index contributed by atoms with van der Waals surface area (Å²) in [6.45, 7) is 0.697. The lowest BCUT2D eigenvalue weighted by Gasteiger charge is -2.25. The second-order valence-electron chi connectivity index (χ2n) is 6.07. The summed E-state index contributed by atoms with van der Waals surface area (Å²) in [5, 5.41) is 2.92. The van der Waals surface area contributed by atoms with Crippen LogP contribution < -0.4 is 5.32 Å². The second-order valence-corrected chi connectivity index (χ2v) is 6.07. The van der Waals surface area contributed by atoms with Gasteiger partial charge in [0, 0.05) is 18.7 Å². The summed E-state index contributed by atoms with van der Waals surface area (Å²) in [4.78, 5) is 26.7. The van der Waals surface area contributed by atoms with Crippen LogP contribution in [0.4, 0.5) is 5.69 Å². The van der Waals surface area contributed by atoms with Crippen LogP contribution in [0.5, 0.6) is 0 Å². The van der Waals surface area contributed by atoms with Crippen molar-refractivity contribution in [1.82, 2.24) is 4.90 Å². The van der Waals surface area contributed by atoms with Crippen LogP contribution in [0.3, 0.4) is 0 Å². The fourth-order valence-electron chi connectivity index (χ4n) is 3.29. The van der Waals surface area contributed by atoms with Gasteiger partial charge in [0.25, 0.3) is 0 Å². The third-order valence-electron chi connectivity index (χ3n) is 4.47. The molecule has 1 heterocycles. The van der Waals surface area contributed by atoms with Gasteiger partial charge >= 0.3 is 0 Å². The van der Waals surface area contributed by atoms with Crippen molar-refractivity contribution >= 4 is 17.5 Å². The molecule has 0 aromatic heterocycles. The maximum absolute atomic E-state index is 12.5. The molecule has 4 nitrogen and oxygen atoms in total. The Morgan fingerprint density at radius 2 is 2.00 bits per heavy atom. The number of nitrogens with zero attached hydrogens (tertiary/aromatic N) is 1. The summed E-state index contributed by atoms with van der Waals surface area (Å²) < 4.78 is 0. The number of carbonyl (C=O) groups excluding carboxylic acids is 2. The highest BCUT2D eigenvalue weighted by molar-refractivity contribution is 5.97. The lowest BCUT2D eigenvalue weighted by atomic mass is 10.0. The van der Waals surface area contributed by atoms with Crippen molar-refractivity contribution in [2.45, 2.75) is 38.1 Å². The van der Waals surface area contributed by atoms with Crippen LogP contribution in [0.1, 0.15) is 32.1 Å². The molecule has 0 radical (unpaired) electrons. The largest absolute Gasteiger partial charge is 0.331 e. The Kier molecular flexibility index (Phi) is 4.56. The van der Waals surface area contributed by atoms with Crippen LogP contribution in [0.15, 0.2) is 42.5 Å². The SMILES string of the molecule is O=C(Nc1ccccc1)[C@H]1CCCN1C(=O)C[C@@H]1C=CCC1. The summed E-state index contributed by atoms with van der Waals surface area (Å²) in [6.07, 6.45) is 8.58. The topological polar surface area (TPSA) is 49.4 Å². The lowest BCUT2D eigenvalue weighted by molar-refractivity contribution is -0.137. The summed E-state index contributed by atoms with van der Waals surface area (Å²) in [5.41, 5.74) is 0.783. The Morgan fingerprint density at radius 3 is 2.73 bits per heavy atom. The zero-order chi connectivity index (χ0) is 15.4. The van der Waals surface area contributed by atoms with Gasteiger partial charge in [0.15, 0.2) is 0 Å². The molecule has 0 bridgehead atoms. The number of carbonyl (C=O) groups is 2. The van der Waals surface area contributed by atoms with Crippen molar-refractivity contribution in [1.29, 1.82) is 0 Å². The monoisotopic (exact) mass is 298 g/mol. The van der Waals surface area contributed by atoms with E-state index >= 15 is 0 Å². The number of amides is 2. The number of benzene rings is 1. The maximum Gasteiger partial charge on any atom is 0.247 e. The predicted molar refractivity (Wildman–Crippen MR) is 86.3 cm³/mol. The van der Waals surface area contributed by atoms with Crippen molar-refractivity contribution in [3.05, 3.63) is 42.5 Å². The zero-order valence-corrected chi connectivity index (χ0v) is 12.7. The third-order valence-corrected chi connectivity index (χ3v) is 4.47. The minimum Gasteiger partial charge on any atom is -0.331 e. The first-order chi connectivity index (χ1) is 10.7. The van der Waals surface area contributed by atoms with Crippen LogP contribution in [0.2, 0.25) is 0 Å². The van der Waals surface area contributed by atoms with Gasteiger partial charge in [-0.1, -0.05) is 30.4 Å². The number of nitrogens with one attached hydrogen (secondary N) is 1. The molecule has 1 saturated heterocycles. The van der Waals surface area contributed by atoms with Gasteiger partial charge in [0.05, 0.1) is 0 Å². The van der Waals surface area contributed by atoms with E-state index in [4.69, 9.17) is 0 Å². The number of hydrogen-bond acceptors (Lipinski definition) is 2. The molecular weight excluding hydrogens is 276 g/mol. The molecule has 1 aromatic rings. The Morgan fingerprint density at radius 1 is 1.18 bits per heavy atom. The summed E-state index contributed by atoms with van der Waals surface area (Å²) in [5.74, 6) is 0.396. The number of allylic oxidation sites excluding steroid dienone is 2. The van der Waals surface area contributed by atoms with Crippen molar-refractivity contribution in [2.24, 2.45) is 5.92 Å². The van der Waals surface area contributed by atoms with Gasteiger partial charge in [-0.3, -0.25) is 9.59 Å². The molecule has 22 heavy (non-hydrogen) atoms. The third kappa shape index (κ3) is 3.38. The molecule has 1 aromatic carbocycles. The lowest BCUT2D eigenvalue weighted by Crippen LogP contribution is -2.43. The molecule has 1 N–H and O–H groups in total. The van der Waals surface area contributed by atoms with E-state index in [1.54, 1.807) is 4.90 Å². The molecule has 0 spiro atoms. The van der Waals surface area contributed by atoms with Crippen LogP contribution >= 0.6 is 0 Å². The van der Waals surface area contributed by atoms with Crippen molar-refractivity contribution < 1.29 is 9.59 Å². The normalized spacial score (nSPS) is 23.7. The summed E-state index contributed by atoms with van der Waals surface area (Å²) in [6, 6.07) is 9.10. The minimum absolute atomic E-state index is 0.0704. The zero-order valence-electron chi connectivity index (χ0n) is 12.7. The number of rotatable bonds is 4. The summed E-state index contributed by atoms with van der Waals surface area (Å²) >= 11 is 0. The van der Waals surface area contributed by atoms with Crippen LogP contribution in [0.25, 0.3) is 0 Å². The fourth-order valence-corrected chi connectivity index (χ4v) is 3.29. The van der Waals surface area contributed by atoms with Gasteiger partial charge in [0.2, 0.25) is 11.8 Å². The minimum atomic E-state index is -0.321. The van der Waals surface area contributed by atoms with E-state index in [1.165, 1.54) is 0 Å². The molecule has 116 valence electrons. The first-order valence-corrected chi connectivity index (χ1v) is 8.06. The van der Waals surface area contributed by atoms with Crippen molar-refractivity contribution in [2.75, 3.05) is 11.9 Å². The Balaban J connectivity index is 1.60. The van der Waals surface area contributed by atoms with Crippen molar-refractivity contribution in [3.8, 4) is 0 Å². The predicted octanol–water partition coefficient (Wildman–Crippen LogP) is 2.97. The number of hydrogen-bond donors (Lipinski definition) is 1. The molecule has 1 aliphatic heterocycles. The van der Waals surface area contributed by atoms with E-state index in [1.807, 2.05) is 30.3 Å². The average Bonchev–Trinajstić information content (AvgIpc) is 3.19. The van der Waals surface area contributed by atoms with Crippen LogP contribution in [-0.2, 0) is 9.59 Å². The quantitative estimate of drug-likeness (QED) is 0.869. The van der Waals surface area contributed by atoms with Gasteiger partial charge in [-0.05, 0) is 43.7 Å². The van der Waals surface area contributed by atoms with Gasteiger partial charge in [-0.15, -0.1) is 0 Å². The standard InChI is InChI=1S/C18H22N2O2/c21-17(13-14-7-4-5-8-14)20-12-6-11-16(20)18(22)19-15-9-2-1-3-10-15/h1-4,7,9-10,14,16H,5-6,8,11-13H2,(H,19,22)/t14-,16-/m1/s1. The molecule has 1 fully saturated rings. The Bertz CT molecular complexity index is 568. The first kappa shape index (κ1) is 14.8. The van der Waals surface area contributed by atoms with E-state index in [0.717, 1.165) is 31.4 Å². The molecule has 2 aliphatic rings. The molecule has 0 unspecified atom stereocenters. The van der Waals surface area contributed by atoms with E-state index in [9.17, 15) is 9.59 Å². The molecule has 2 amide bonds. The molecule has 2 atom stereocenters. The number of anilines is 1. The highest BCUT2D eigenvalue weighted by Crippen LogP contribution is 2.25. The Hall–Kier alpha value is -2.10. The van der Waals surface area contributed by atoms with E-state index in [0.29, 0.717) is 18.9 Å². The van der Waals surface area contributed by atoms with Crippen molar-refractivity contribution in [3.63, 3.8) is 0 Å². The second kappa shape index (κ2) is 6.77. The van der Waals surface area contributed by atoms with E-state index < -0.39 is 0 Å². The fraction of sp³-hybridized carbons (Fsp3) is 0.444. The molecule has 0 saturated carbocycles. The number of para-hydroxylation sites is 1. The molecular formula is C18H22N2O2. The van der Waals surface area contributed by atoms with Crippen LogP contribution in [0, 0.1) is 5.92 Å². The average molecular weight is 298 g/mol. The van der Waals surface area contributed by atoms with Gasteiger partial charge in [-0.2, -0.15) is 0 Å². The summed E-state index contributed by atoms with van der Waals surface area (Å²) in [7, 11) is 0.